The van der Waals surface area contributed by atoms with Gasteiger partial charge >= 0.3 is 5.97 Å². The number of benzene rings is 2. The first-order chi connectivity index (χ1) is 20.0. The number of aromatic nitrogens is 1. The van der Waals surface area contributed by atoms with Crippen LogP contribution in [0.15, 0.2) is 48.5 Å². The lowest BCUT2D eigenvalue weighted by Crippen LogP contribution is -2.51. The number of carboxylic acids is 1. The summed E-state index contributed by atoms with van der Waals surface area (Å²) < 4.78 is 18.4. The number of rotatable bonds is 7. The minimum atomic E-state index is -1.09. The van der Waals surface area contributed by atoms with Crippen molar-refractivity contribution in [1.29, 1.82) is 0 Å². The van der Waals surface area contributed by atoms with Gasteiger partial charge in [0, 0.05) is 23.5 Å². The summed E-state index contributed by atoms with van der Waals surface area (Å²) in [6.07, 6.45) is 1.06. The monoisotopic (exact) mass is 574 g/mol. The van der Waals surface area contributed by atoms with Crippen LogP contribution >= 0.6 is 0 Å². The molecule has 2 saturated heterocycles. The molecule has 42 heavy (non-hydrogen) atoms. The Morgan fingerprint density at radius 3 is 2.50 bits per heavy atom. The summed E-state index contributed by atoms with van der Waals surface area (Å²) in [7, 11) is 1.59. The molecule has 224 valence electrons. The molecule has 8 heteroatoms. The second kappa shape index (κ2) is 12.0. The molecule has 2 fully saturated rings. The maximum atomic E-state index is 14.2. The van der Waals surface area contributed by atoms with Gasteiger partial charge in [0.15, 0.2) is 0 Å². The standard InChI is InChI=1S/C34H42N2O6/c1-20-14-15-22-18-23(31(40-6)35-25(22)17-20)19-42-30-27(34(3,4)5)29(33(38)39)36(32(37)26-13-9-10-16-41-26)28(30)24-12-8-7-11-21(24)2/h7-8,11-12,14-15,17-18,26-30H,9-10,13,16,19H2,1-6H3,(H,38,39)/t26-,27+,28-,29-,30-/m0/s1. The highest BCUT2D eigenvalue weighted by molar-refractivity contribution is 5.88. The zero-order valence-electron chi connectivity index (χ0n) is 25.4. The molecule has 2 aromatic carbocycles. The van der Waals surface area contributed by atoms with Crippen molar-refractivity contribution >= 4 is 22.8 Å². The largest absolute Gasteiger partial charge is 0.481 e. The Labute approximate surface area is 248 Å². The van der Waals surface area contributed by atoms with Crippen molar-refractivity contribution in [1.82, 2.24) is 9.88 Å². The number of amides is 1. The van der Waals surface area contributed by atoms with Crippen LogP contribution in [0.25, 0.3) is 10.9 Å². The van der Waals surface area contributed by atoms with Gasteiger partial charge in [0.2, 0.25) is 5.88 Å². The molecule has 1 amide bonds. The first-order valence-corrected chi connectivity index (χ1v) is 14.8. The Bertz CT molecular complexity index is 1460. The lowest BCUT2D eigenvalue weighted by Gasteiger charge is -2.35. The summed E-state index contributed by atoms with van der Waals surface area (Å²) in [5, 5.41) is 11.7. The quantitative estimate of drug-likeness (QED) is 0.369. The summed E-state index contributed by atoms with van der Waals surface area (Å²) >= 11 is 0. The topological polar surface area (TPSA) is 98.2 Å². The molecule has 0 bridgehead atoms. The van der Waals surface area contributed by atoms with Gasteiger partial charge in [0.05, 0.1) is 31.4 Å². The van der Waals surface area contributed by atoms with Gasteiger partial charge in [0.25, 0.3) is 5.91 Å². The lowest BCUT2D eigenvalue weighted by atomic mass is 9.73. The van der Waals surface area contributed by atoms with Gasteiger partial charge in [-0.05, 0) is 67.3 Å². The Morgan fingerprint density at radius 1 is 1.10 bits per heavy atom. The van der Waals surface area contributed by atoms with Crippen molar-refractivity contribution in [2.24, 2.45) is 11.3 Å². The van der Waals surface area contributed by atoms with Gasteiger partial charge in [-0.15, -0.1) is 0 Å². The average Bonchev–Trinajstić information content (AvgIpc) is 3.31. The molecule has 5 atom stereocenters. The van der Waals surface area contributed by atoms with Crippen molar-refractivity contribution in [2.75, 3.05) is 13.7 Å². The molecule has 1 N–H and O–H groups in total. The molecule has 0 aliphatic carbocycles. The lowest BCUT2D eigenvalue weighted by molar-refractivity contribution is -0.159. The van der Waals surface area contributed by atoms with Crippen LogP contribution in [0.4, 0.5) is 0 Å². The third-order valence-corrected chi connectivity index (χ3v) is 8.71. The zero-order valence-corrected chi connectivity index (χ0v) is 25.4. The van der Waals surface area contributed by atoms with E-state index in [-0.39, 0.29) is 12.5 Å². The van der Waals surface area contributed by atoms with E-state index in [1.165, 1.54) is 0 Å². The van der Waals surface area contributed by atoms with Gasteiger partial charge in [-0.3, -0.25) is 4.79 Å². The van der Waals surface area contributed by atoms with Gasteiger partial charge in [0.1, 0.15) is 12.1 Å². The summed E-state index contributed by atoms with van der Waals surface area (Å²) in [6.45, 7) is 10.7. The molecule has 0 radical (unpaired) electrons. The Balaban J connectivity index is 1.61. The average molecular weight is 575 g/mol. The number of likely N-dealkylation sites (tertiary alicyclic amines) is 1. The summed E-state index contributed by atoms with van der Waals surface area (Å²) in [6, 6.07) is 14.2. The number of hydrogen-bond acceptors (Lipinski definition) is 6. The van der Waals surface area contributed by atoms with Crippen LogP contribution < -0.4 is 4.74 Å². The summed E-state index contributed by atoms with van der Waals surface area (Å²) in [5.41, 5.74) is 4.04. The molecule has 0 spiro atoms. The Hall–Kier alpha value is -3.49. The third-order valence-electron chi connectivity index (χ3n) is 8.71. The van der Waals surface area contributed by atoms with Crippen LogP contribution in [0.3, 0.4) is 0 Å². The Kier molecular flexibility index (Phi) is 8.58. The maximum Gasteiger partial charge on any atom is 0.326 e. The fourth-order valence-electron chi connectivity index (χ4n) is 6.70. The van der Waals surface area contributed by atoms with Crippen molar-refractivity contribution in [3.63, 3.8) is 0 Å². The number of carboxylic acid groups (broad SMARTS) is 1. The van der Waals surface area contributed by atoms with E-state index in [1.54, 1.807) is 12.0 Å². The van der Waals surface area contributed by atoms with Crippen molar-refractivity contribution in [2.45, 2.75) is 84.8 Å². The number of hydrogen-bond donors (Lipinski definition) is 1. The highest BCUT2D eigenvalue weighted by atomic mass is 16.5. The minimum absolute atomic E-state index is 0.147. The SMILES string of the molecule is COc1nc2cc(C)ccc2cc1CO[C@H]1[C@H](C(C)(C)C)[C@@H](C(=O)O)N(C(=O)[C@@H]2CCCCO2)[C@H]1c1ccccc1C. The first-order valence-electron chi connectivity index (χ1n) is 14.8. The molecule has 0 saturated carbocycles. The van der Waals surface area contributed by atoms with Crippen molar-refractivity contribution < 1.29 is 28.9 Å². The highest BCUT2D eigenvalue weighted by Crippen LogP contribution is 2.51. The highest BCUT2D eigenvalue weighted by Gasteiger charge is 2.59. The number of pyridine rings is 1. The second-order valence-corrected chi connectivity index (χ2v) is 12.7. The number of carbonyl (C=O) groups is 2. The van der Waals surface area contributed by atoms with E-state index in [0.29, 0.717) is 18.9 Å². The fraction of sp³-hybridized carbons (Fsp3) is 0.500. The number of methoxy groups -OCH3 is 1. The Morgan fingerprint density at radius 2 is 1.86 bits per heavy atom. The molecule has 3 heterocycles. The fourth-order valence-corrected chi connectivity index (χ4v) is 6.70. The molecule has 1 aromatic heterocycles. The van der Waals surface area contributed by atoms with Crippen LogP contribution in [0, 0.1) is 25.2 Å². The molecule has 8 nitrogen and oxygen atoms in total. The molecule has 2 aliphatic rings. The third kappa shape index (κ3) is 5.75. The number of nitrogens with zero attached hydrogens (tertiary/aromatic N) is 2. The predicted molar refractivity (Wildman–Crippen MR) is 160 cm³/mol. The first kappa shape index (κ1) is 30.0. The molecule has 5 rings (SSSR count). The number of aryl methyl sites for hydroxylation is 2. The van der Waals surface area contributed by atoms with Gasteiger partial charge < -0.3 is 24.2 Å². The number of ether oxygens (including phenoxy) is 3. The normalized spacial score (nSPS) is 24.6. The van der Waals surface area contributed by atoms with Crippen LogP contribution in [-0.4, -0.2) is 58.8 Å². The summed E-state index contributed by atoms with van der Waals surface area (Å²) in [4.78, 5) is 33.6. The molecule has 3 aromatic rings. The molecular weight excluding hydrogens is 532 g/mol. The van der Waals surface area contributed by atoms with Gasteiger partial charge in [-0.1, -0.05) is 57.2 Å². The minimum Gasteiger partial charge on any atom is -0.481 e. The second-order valence-electron chi connectivity index (χ2n) is 12.7. The smallest absolute Gasteiger partial charge is 0.326 e. The van der Waals surface area contributed by atoms with E-state index in [1.807, 2.05) is 83.1 Å². The van der Waals surface area contributed by atoms with E-state index < -0.39 is 41.6 Å². The molecule has 0 unspecified atom stereocenters. The van der Waals surface area contributed by atoms with E-state index in [4.69, 9.17) is 19.2 Å². The molecular formula is C34H42N2O6. The molecule has 2 aliphatic heterocycles. The van der Waals surface area contributed by atoms with E-state index in [9.17, 15) is 14.7 Å². The number of fused-ring (bicyclic) bond motifs is 1. The van der Waals surface area contributed by atoms with E-state index in [0.717, 1.165) is 46.0 Å². The maximum absolute atomic E-state index is 14.2. The zero-order chi connectivity index (χ0) is 30.2. The van der Waals surface area contributed by atoms with E-state index >= 15 is 0 Å². The number of aliphatic carboxylic acids is 1. The van der Waals surface area contributed by atoms with Crippen LogP contribution in [-0.2, 0) is 25.7 Å². The van der Waals surface area contributed by atoms with Gasteiger partial charge in [-0.25, -0.2) is 9.78 Å². The van der Waals surface area contributed by atoms with Crippen LogP contribution in [0.1, 0.15) is 68.3 Å². The van der Waals surface area contributed by atoms with Crippen molar-refractivity contribution in [3.05, 3.63) is 70.8 Å². The summed E-state index contributed by atoms with van der Waals surface area (Å²) in [5.74, 6) is -1.36. The van der Waals surface area contributed by atoms with Gasteiger partial charge in [-0.2, -0.15) is 0 Å². The number of carbonyl (C=O) groups excluding carboxylic acids is 1. The van der Waals surface area contributed by atoms with Crippen LogP contribution in [0.2, 0.25) is 0 Å². The van der Waals surface area contributed by atoms with E-state index in [2.05, 4.69) is 0 Å². The van der Waals surface area contributed by atoms with Crippen LogP contribution in [0.5, 0.6) is 5.88 Å². The van der Waals surface area contributed by atoms with Crippen molar-refractivity contribution in [3.8, 4) is 5.88 Å². The predicted octanol–water partition coefficient (Wildman–Crippen LogP) is 6.01.